The quantitative estimate of drug-likeness (QED) is 0.836. The Balaban J connectivity index is 1.36. The summed E-state index contributed by atoms with van der Waals surface area (Å²) in [5.41, 5.74) is 1.09. The van der Waals surface area contributed by atoms with E-state index in [0.717, 1.165) is 62.2 Å². The Hall–Kier alpha value is -2.00. The first-order valence-electron chi connectivity index (χ1n) is 8.66. The first kappa shape index (κ1) is 16.5. The number of thiazole rings is 1. The monoisotopic (exact) mass is 362 g/mol. The maximum atomic E-state index is 12.5. The van der Waals surface area contributed by atoms with Gasteiger partial charge in [0.1, 0.15) is 5.82 Å². The van der Waals surface area contributed by atoms with Crippen molar-refractivity contribution in [3.63, 3.8) is 0 Å². The molecule has 0 radical (unpaired) electrons. The van der Waals surface area contributed by atoms with Crippen LogP contribution >= 0.6 is 11.3 Å². The van der Waals surface area contributed by atoms with E-state index in [4.69, 9.17) is 9.72 Å². The molecule has 3 heterocycles. The van der Waals surface area contributed by atoms with Crippen molar-refractivity contribution in [1.29, 1.82) is 0 Å². The van der Waals surface area contributed by atoms with E-state index in [1.807, 2.05) is 6.92 Å². The first-order valence-corrected chi connectivity index (χ1v) is 9.47. The van der Waals surface area contributed by atoms with Gasteiger partial charge in [0.05, 0.1) is 25.5 Å². The van der Waals surface area contributed by atoms with E-state index in [2.05, 4.69) is 25.4 Å². The first-order chi connectivity index (χ1) is 12.2. The van der Waals surface area contributed by atoms with Crippen molar-refractivity contribution in [2.24, 2.45) is 5.92 Å². The molecule has 4 rings (SSSR count). The van der Waals surface area contributed by atoms with Crippen LogP contribution in [0.15, 0.2) is 0 Å². The van der Waals surface area contributed by atoms with Crippen molar-refractivity contribution < 1.29 is 9.53 Å². The fourth-order valence-electron chi connectivity index (χ4n) is 3.26. The highest BCUT2D eigenvalue weighted by atomic mass is 32.1. The number of anilines is 1. The fourth-order valence-corrected chi connectivity index (χ4v) is 4.41. The minimum Gasteiger partial charge on any atom is -0.378 e. The molecule has 0 spiro atoms. The van der Waals surface area contributed by atoms with Crippen LogP contribution in [-0.2, 0) is 28.9 Å². The standard InChI is InChI=1S/C16H22N6O2S/c1-10-18-14(21-20-10)9-17-15(23)11-2-3-13-12(8-11)19-16(25-13)22-4-6-24-7-5-22/h11H,2-9H2,1H3,(H,17,23)(H,18,20,21). The summed E-state index contributed by atoms with van der Waals surface area (Å²) in [6.07, 6.45) is 2.51. The number of amides is 1. The summed E-state index contributed by atoms with van der Waals surface area (Å²) < 4.78 is 5.41. The van der Waals surface area contributed by atoms with Gasteiger partial charge in [-0.15, -0.1) is 11.3 Å². The average Bonchev–Trinajstić information content (AvgIpc) is 3.25. The Bertz CT molecular complexity index is 752. The zero-order valence-electron chi connectivity index (χ0n) is 14.2. The van der Waals surface area contributed by atoms with E-state index in [-0.39, 0.29) is 11.8 Å². The summed E-state index contributed by atoms with van der Waals surface area (Å²) in [7, 11) is 0. The molecule has 0 bridgehead atoms. The van der Waals surface area contributed by atoms with Gasteiger partial charge in [0.2, 0.25) is 5.91 Å². The van der Waals surface area contributed by atoms with Gasteiger partial charge in [-0.2, -0.15) is 5.10 Å². The van der Waals surface area contributed by atoms with Crippen LogP contribution in [0.3, 0.4) is 0 Å². The molecule has 9 heteroatoms. The zero-order chi connectivity index (χ0) is 17.2. The number of fused-ring (bicyclic) bond motifs is 1. The third-order valence-corrected chi connectivity index (χ3v) is 5.86. The Morgan fingerprint density at radius 2 is 2.24 bits per heavy atom. The predicted molar refractivity (Wildman–Crippen MR) is 93.6 cm³/mol. The third kappa shape index (κ3) is 3.67. The van der Waals surface area contributed by atoms with Gasteiger partial charge in [0.25, 0.3) is 0 Å². The molecule has 2 aliphatic rings. The highest BCUT2D eigenvalue weighted by Crippen LogP contribution is 2.34. The maximum Gasteiger partial charge on any atom is 0.223 e. The molecule has 1 fully saturated rings. The minimum absolute atomic E-state index is 0.0211. The van der Waals surface area contributed by atoms with Crippen LogP contribution in [-0.4, -0.2) is 52.4 Å². The molecule has 1 atom stereocenters. The Kier molecular flexibility index (Phi) is 4.67. The van der Waals surface area contributed by atoms with E-state index in [1.165, 1.54) is 4.88 Å². The Morgan fingerprint density at radius 3 is 3.00 bits per heavy atom. The Labute approximate surface area is 150 Å². The topological polar surface area (TPSA) is 96.0 Å². The van der Waals surface area contributed by atoms with Crippen molar-refractivity contribution in [2.45, 2.75) is 32.7 Å². The molecule has 1 aliphatic carbocycles. The third-order valence-electron chi connectivity index (χ3n) is 4.64. The Morgan fingerprint density at radius 1 is 1.40 bits per heavy atom. The highest BCUT2D eigenvalue weighted by Gasteiger charge is 2.28. The number of aryl methyl sites for hydroxylation is 2. The van der Waals surface area contributed by atoms with Crippen LogP contribution < -0.4 is 10.2 Å². The van der Waals surface area contributed by atoms with Crippen LogP contribution in [0.2, 0.25) is 0 Å². The maximum absolute atomic E-state index is 12.5. The van der Waals surface area contributed by atoms with Crippen molar-refractivity contribution >= 4 is 22.4 Å². The van der Waals surface area contributed by atoms with Crippen LogP contribution in [0.5, 0.6) is 0 Å². The molecular formula is C16H22N6O2S. The van der Waals surface area contributed by atoms with Gasteiger partial charge in [-0.1, -0.05) is 0 Å². The van der Waals surface area contributed by atoms with E-state index >= 15 is 0 Å². The molecule has 134 valence electrons. The van der Waals surface area contributed by atoms with E-state index in [1.54, 1.807) is 11.3 Å². The number of morpholine rings is 1. The van der Waals surface area contributed by atoms with Gasteiger partial charge in [0, 0.05) is 30.3 Å². The number of H-pyrrole nitrogens is 1. The number of rotatable bonds is 4. The SMILES string of the molecule is Cc1nc(CNC(=O)C2CCc3sc(N4CCOCC4)nc3C2)n[nH]1. The van der Waals surface area contributed by atoms with Gasteiger partial charge in [0.15, 0.2) is 11.0 Å². The molecule has 8 nitrogen and oxygen atoms in total. The minimum atomic E-state index is -0.0211. The molecule has 1 unspecified atom stereocenters. The molecule has 2 N–H and O–H groups in total. The average molecular weight is 362 g/mol. The lowest BCUT2D eigenvalue weighted by Crippen LogP contribution is -2.36. The number of aromatic nitrogens is 4. The van der Waals surface area contributed by atoms with Crippen LogP contribution in [0.4, 0.5) is 5.13 Å². The number of ether oxygens (including phenoxy) is 1. The molecular weight excluding hydrogens is 340 g/mol. The largest absolute Gasteiger partial charge is 0.378 e. The smallest absolute Gasteiger partial charge is 0.223 e. The number of aromatic amines is 1. The summed E-state index contributed by atoms with van der Waals surface area (Å²) in [5.74, 6) is 1.41. The number of carbonyl (C=O) groups excluding carboxylic acids is 1. The molecule has 1 aliphatic heterocycles. The van der Waals surface area contributed by atoms with Crippen LogP contribution in [0, 0.1) is 12.8 Å². The van der Waals surface area contributed by atoms with Gasteiger partial charge >= 0.3 is 0 Å². The molecule has 1 saturated heterocycles. The second-order valence-corrected chi connectivity index (χ2v) is 7.52. The number of nitrogens with zero attached hydrogens (tertiary/aromatic N) is 4. The predicted octanol–water partition coefficient (Wildman–Crippen LogP) is 0.828. The number of hydrogen-bond acceptors (Lipinski definition) is 7. The molecule has 2 aromatic rings. The van der Waals surface area contributed by atoms with E-state index in [0.29, 0.717) is 12.4 Å². The van der Waals surface area contributed by atoms with Crippen molar-refractivity contribution in [1.82, 2.24) is 25.5 Å². The van der Waals surface area contributed by atoms with Crippen molar-refractivity contribution in [2.75, 3.05) is 31.2 Å². The molecule has 2 aromatic heterocycles. The lowest BCUT2D eigenvalue weighted by molar-refractivity contribution is -0.125. The molecule has 25 heavy (non-hydrogen) atoms. The second kappa shape index (κ2) is 7.09. The number of carbonyl (C=O) groups is 1. The van der Waals surface area contributed by atoms with E-state index < -0.39 is 0 Å². The van der Waals surface area contributed by atoms with Gasteiger partial charge in [-0.25, -0.2) is 9.97 Å². The number of hydrogen-bond donors (Lipinski definition) is 2. The summed E-state index contributed by atoms with van der Waals surface area (Å²) in [6, 6.07) is 0. The van der Waals surface area contributed by atoms with Gasteiger partial charge in [-0.3, -0.25) is 9.89 Å². The van der Waals surface area contributed by atoms with E-state index in [9.17, 15) is 4.79 Å². The lowest BCUT2D eigenvalue weighted by atomic mass is 9.90. The van der Waals surface area contributed by atoms with Crippen LogP contribution in [0.1, 0.15) is 28.6 Å². The van der Waals surface area contributed by atoms with Gasteiger partial charge < -0.3 is 15.0 Å². The summed E-state index contributed by atoms with van der Waals surface area (Å²) >= 11 is 1.77. The second-order valence-electron chi connectivity index (χ2n) is 6.46. The normalized spacial score (nSPS) is 20.4. The van der Waals surface area contributed by atoms with Crippen molar-refractivity contribution in [3.8, 4) is 0 Å². The lowest BCUT2D eigenvalue weighted by Gasteiger charge is -2.26. The summed E-state index contributed by atoms with van der Waals surface area (Å²) in [6.45, 7) is 5.52. The summed E-state index contributed by atoms with van der Waals surface area (Å²) in [5, 5.41) is 10.9. The highest BCUT2D eigenvalue weighted by molar-refractivity contribution is 7.15. The molecule has 0 aromatic carbocycles. The van der Waals surface area contributed by atoms with Crippen molar-refractivity contribution in [3.05, 3.63) is 22.2 Å². The zero-order valence-corrected chi connectivity index (χ0v) is 15.1. The van der Waals surface area contributed by atoms with Crippen LogP contribution in [0.25, 0.3) is 0 Å². The molecule has 0 saturated carbocycles. The summed E-state index contributed by atoms with van der Waals surface area (Å²) in [4.78, 5) is 25.1. The fraction of sp³-hybridized carbons (Fsp3) is 0.625. The molecule has 1 amide bonds. The number of nitrogens with one attached hydrogen (secondary N) is 2. The van der Waals surface area contributed by atoms with Gasteiger partial charge in [-0.05, 0) is 19.8 Å².